The Balaban J connectivity index is 2.23. The monoisotopic (exact) mass is 240 g/mol. The van der Waals surface area contributed by atoms with Gasteiger partial charge in [0.1, 0.15) is 11.2 Å². The fourth-order valence-electron chi connectivity index (χ4n) is 1.72. The molecule has 0 amide bonds. The number of carboxylic acid groups (broad SMARTS) is 1. The van der Waals surface area contributed by atoms with Crippen molar-refractivity contribution in [1.82, 2.24) is 9.97 Å². The smallest absolute Gasteiger partial charge is 0.338 e. The molecule has 3 aromatic rings. The second-order valence-electron chi connectivity index (χ2n) is 3.69. The highest BCUT2D eigenvalue weighted by molar-refractivity contribution is 6.00. The molecule has 0 unspecified atom stereocenters. The largest absolute Gasteiger partial charge is 0.478 e. The van der Waals surface area contributed by atoms with Crippen LogP contribution in [0, 0.1) is 0 Å². The lowest BCUT2D eigenvalue weighted by Gasteiger charge is -1.92. The van der Waals surface area contributed by atoms with Crippen molar-refractivity contribution in [1.29, 1.82) is 0 Å². The molecule has 0 aliphatic carbocycles. The van der Waals surface area contributed by atoms with Crippen LogP contribution in [0.5, 0.6) is 0 Å². The van der Waals surface area contributed by atoms with Crippen LogP contribution in [0.4, 0.5) is 0 Å². The average Bonchev–Trinajstić information content (AvgIpc) is 2.83. The zero-order chi connectivity index (χ0) is 12.5. The van der Waals surface area contributed by atoms with Gasteiger partial charge in [0, 0.05) is 6.20 Å². The maximum atomic E-state index is 11.1. The number of para-hydroxylation sites is 1. The van der Waals surface area contributed by atoms with Crippen LogP contribution in [-0.2, 0) is 0 Å². The molecule has 0 bridgehead atoms. The lowest BCUT2D eigenvalue weighted by molar-refractivity contribution is 0.0699. The van der Waals surface area contributed by atoms with Gasteiger partial charge in [-0.1, -0.05) is 12.1 Å². The standard InChI is InChI=1S/C13H8N2O3/c16-13(17)8-4-3-6-10-11(8)15-12(18-10)9-5-1-2-7-14-9/h1-7H,(H,16,17). The number of benzene rings is 1. The fraction of sp³-hybridized carbons (Fsp3) is 0. The molecule has 1 N–H and O–H groups in total. The number of hydrogen-bond acceptors (Lipinski definition) is 4. The minimum absolute atomic E-state index is 0.124. The highest BCUT2D eigenvalue weighted by Crippen LogP contribution is 2.24. The molecule has 1 aromatic carbocycles. The SMILES string of the molecule is O=C(O)c1cccc2oc(-c3ccccn3)nc12. The van der Waals surface area contributed by atoms with E-state index < -0.39 is 5.97 Å². The van der Waals surface area contributed by atoms with E-state index in [1.807, 2.05) is 6.07 Å². The first-order valence-electron chi connectivity index (χ1n) is 5.30. The molecule has 2 heterocycles. The number of aromatic carboxylic acids is 1. The first kappa shape index (κ1) is 10.5. The van der Waals surface area contributed by atoms with Crippen LogP contribution < -0.4 is 0 Å². The van der Waals surface area contributed by atoms with Gasteiger partial charge in [-0.05, 0) is 24.3 Å². The Morgan fingerprint density at radius 3 is 2.78 bits per heavy atom. The molecule has 88 valence electrons. The number of nitrogens with zero attached hydrogens (tertiary/aromatic N) is 2. The van der Waals surface area contributed by atoms with Gasteiger partial charge in [-0.25, -0.2) is 9.78 Å². The first-order chi connectivity index (χ1) is 8.75. The van der Waals surface area contributed by atoms with Crippen LogP contribution in [-0.4, -0.2) is 21.0 Å². The zero-order valence-corrected chi connectivity index (χ0v) is 9.20. The summed E-state index contributed by atoms with van der Waals surface area (Å²) < 4.78 is 5.51. The number of rotatable bonds is 2. The van der Waals surface area contributed by atoms with Crippen LogP contribution in [0.1, 0.15) is 10.4 Å². The summed E-state index contributed by atoms with van der Waals surface area (Å²) in [7, 11) is 0. The third-order valence-corrected chi connectivity index (χ3v) is 2.53. The van der Waals surface area contributed by atoms with Gasteiger partial charge >= 0.3 is 5.97 Å². The van der Waals surface area contributed by atoms with Crippen molar-refractivity contribution in [3.8, 4) is 11.6 Å². The quantitative estimate of drug-likeness (QED) is 0.745. The molecule has 0 atom stereocenters. The van der Waals surface area contributed by atoms with Gasteiger partial charge in [-0.15, -0.1) is 0 Å². The van der Waals surface area contributed by atoms with Gasteiger partial charge in [-0.3, -0.25) is 4.98 Å². The lowest BCUT2D eigenvalue weighted by Crippen LogP contribution is -1.96. The van der Waals surface area contributed by atoms with E-state index >= 15 is 0 Å². The van der Waals surface area contributed by atoms with Crippen LogP contribution in [0.2, 0.25) is 0 Å². The number of pyridine rings is 1. The van der Waals surface area contributed by atoms with Gasteiger partial charge in [0.25, 0.3) is 0 Å². The number of oxazole rings is 1. The number of carboxylic acids is 1. The van der Waals surface area contributed by atoms with Crippen LogP contribution in [0.3, 0.4) is 0 Å². The molecule has 0 spiro atoms. The summed E-state index contributed by atoms with van der Waals surface area (Å²) in [4.78, 5) is 19.4. The molecular formula is C13H8N2O3. The Hall–Kier alpha value is -2.69. The number of fused-ring (bicyclic) bond motifs is 1. The van der Waals surface area contributed by atoms with Crippen molar-refractivity contribution < 1.29 is 14.3 Å². The molecule has 5 nitrogen and oxygen atoms in total. The Bertz CT molecular complexity index is 719. The Morgan fingerprint density at radius 1 is 1.17 bits per heavy atom. The highest BCUT2D eigenvalue weighted by atomic mass is 16.4. The van der Waals surface area contributed by atoms with E-state index in [2.05, 4.69) is 9.97 Å². The van der Waals surface area contributed by atoms with Crippen molar-refractivity contribution in [2.45, 2.75) is 0 Å². The molecule has 3 rings (SSSR count). The predicted molar refractivity (Wildman–Crippen MR) is 64.2 cm³/mol. The van der Waals surface area contributed by atoms with E-state index in [0.29, 0.717) is 22.7 Å². The van der Waals surface area contributed by atoms with E-state index in [-0.39, 0.29) is 5.56 Å². The number of hydrogen-bond donors (Lipinski definition) is 1. The molecule has 5 heteroatoms. The minimum atomic E-state index is -1.03. The summed E-state index contributed by atoms with van der Waals surface area (Å²) in [6.45, 7) is 0. The van der Waals surface area contributed by atoms with E-state index in [9.17, 15) is 4.79 Å². The van der Waals surface area contributed by atoms with Crippen molar-refractivity contribution >= 4 is 17.1 Å². The van der Waals surface area contributed by atoms with Gasteiger partial charge < -0.3 is 9.52 Å². The predicted octanol–water partition coefficient (Wildman–Crippen LogP) is 2.59. The summed E-state index contributed by atoms with van der Waals surface area (Å²) in [5.74, 6) is -0.708. The Labute approximate surface area is 102 Å². The second kappa shape index (κ2) is 3.96. The topological polar surface area (TPSA) is 76.2 Å². The Kier molecular flexibility index (Phi) is 2.30. The molecule has 2 aromatic heterocycles. The molecular weight excluding hydrogens is 232 g/mol. The average molecular weight is 240 g/mol. The third kappa shape index (κ3) is 1.62. The summed E-state index contributed by atoms with van der Waals surface area (Å²) in [5.41, 5.74) is 1.48. The summed E-state index contributed by atoms with van der Waals surface area (Å²) >= 11 is 0. The van der Waals surface area contributed by atoms with Gasteiger partial charge in [0.2, 0.25) is 5.89 Å². The van der Waals surface area contributed by atoms with Crippen LogP contribution >= 0.6 is 0 Å². The normalized spacial score (nSPS) is 10.7. The maximum absolute atomic E-state index is 11.1. The van der Waals surface area contributed by atoms with E-state index in [4.69, 9.17) is 9.52 Å². The zero-order valence-electron chi connectivity index (χ0n) is 9.20. The van der Waals surface area contributed by atoms with Crippen molar-refractivity contribution in [2.24, 2.45) is 0 Å². The summed E-state index contributed by atoms with van der Waals surface area (Å²) in [5, 5.41) is 9.07. The Morgan fingerprint density at radius 2 is 2.06 bits per heavy atom. The van der Waals surface area contributed by atoms with Gasteiger partial charge in [-0.2, -0.15) is 0 Å². The minimum Gasteiger partial charge on any atom is -0.478 e. The summed E-state index contributed by atoms with van der Waals surface area (Å²) in [6.07, 6.45) is 1.63. The second-order valence-corrected chi connectivity index (χ2v) is 3.69. The van der Waals surface area contributed by atoms with Crippen molar-refractivity contribution in [2.75, 3.05) is 0 Å². The van der Waals surface area contributed by atoms with Gasteiger partial charge in [0.05, 0.1) is 5.56 Å². The molecule has 18 heavy (non-hydrogen) atoms. The van der Waals surface area contributed by atoms with E-state index in [1.165, 1.54) is 6.07 Å². The maximum Gasteiger partial charge on any atom is 0.338 e. The molecule has 0 fully saturated rings. The van der Waals surface area contributed by atoms with Crippen molar-refractivity contribution in [3.63, 3.8) is 0 Å². The van der Waals surface area contributed by atoms with Crippen molar-refractivity contribution in [3.05, 3.63) is 48.2 Å². The molecule has 0 aliphatic heterocycles. The molecule has 0 radical (unpaired) electrons. The van der Waals surface area contributed by atoms with E-state index in [0.717, 1.165) is 0 Å². The van der Waals surface area contributed by atoms with Crippen LogP contribution in [0.15, 0.2) is 47.0 Å². The van der Waals surface area contributed by atoms with Gasteiger partial charge in [0.15, 0.2) is 5.58 Å². The molecule has 0 aliphatic rings. The first-order valence-corrected chi connectivity index (χ1v) is 5.30. The van der Waals surface area contributed by atoms with Crippen LogP contribution in [0.25, 0.3) is 22.7 Å². The molecule has 0 saturated carbocycles. The lowest BCUT2D eigenvalue weighted by atomic mass is 10.2. The number of aromatic nitrogens is 2. The fourth-order valence-corrected chi connectivity index (χ4v) is 1.72. The van der Waals surface area contributed by atoms with E-state index in [1.54, 1.807) is 30.5 Å². The highest BCUT2D eigenvalue weighted by Gasteiger charge is 2.15. The number of carbonyl (C=O) groups is 1. The summed E-state index contributed by atoms with van der Waals surface area (Å²) in [6, 6.07) is 10.2. The molecule has 0 saturated heterocycles. The third-order valence-electron chi connectivity index (χ3n) is 2.53.